The minimum atomic E-state index is 0.0840. The number of aliphatic hydroxyl groups is 1. The average molecular weight is 328 g/mol. The number of amidine groups is 1. The minimum absolute atomic E-state index is 0.0840. The first-order valence-electron chi connectivity index (χ1n) is 6.23. The van der Waals surface area contributed by atoms with Gasteiger partial charge in [0.05, 0.1) is 18.3 Å². The first kappa shape index (κ1) is 14.1. The topological polar surface area (TPSA) is 82.1 Å². The molecule has 1 aromatic carbocycles. The molecule has 2 unspecified atom stereocenters. The Bertz CT molecular complexity index is 493. The summed E-state index contributed by atoms with van der Waals surface area (Å²) in [6.07, 6.45) is 1.07. The van der Waals surface area contributed by atoms with E-state index in [2.05, 4.69) is 32.9 Å². The number of nitrogens with two attached hydrogens (primary N) is 1. The number of nitrogens with zero attached hydrogens (tertiary/aromatic N) is 2. The van der Waals surface area contributed by atoms with E-state index < -0.39 is 0 Å². The Kier molecular flexibility index (Phi) is 4.31. The highest BCUT2D eigenvalue weighted by atomic mass is 79.9. The van der Waals surface area contributed by atoms with Crippen LogP contribution in [0.1, 0.15) is 18.9 Å². The van der Waals surface area contributed by atoms with E-state index in [4.69, 9.17) is 10.9 Å². The number of hydrogen-bond acceptors (Lipinski definition) is 4. The van der Waals surface area contributed by atoms with Crippen molar-refractivity contribution in [2.45, 2.75) is 19.4 Å². The summed E-state index contributed by atoms with van der Waals surface area (Å²) in [4.78, 5) is 2.20. The molecule has 0 aliphatic carbocycles. The smallest absolute Gasteiger partial charge is 0.170 e. The summed E-state index contributed by atoms with van der Waals surface area (Å²) >= 11 is 3.52. The van der Waals surface area contributed by atoms with Gasteiger partial charge in [-0.25, -0.2) is 0 Å². The van der Waals surface area contributed by atoms with Gasteiger partial charge in [-0.3, -0.25) is 0 Å². The summed E-state index contributed by atoms with van der Waals surface area (Å²) in [5, 5.41) is 21.2. The number of oxime groups is 1. The fraction of sp³-hybridized carbons (Fsp3) is 0.462. The Morgan fingerprint density at radius 3 is 2.89 bits per heavy atom. The summed E-state index contributed by atoms with van der Waals surface area (Å²) in [7, 11) is 0. The minimum Gasteiger partial charge on any atom is -0.409 e. The first-order valence-corrected chi connectivity index (χ1v) is 7.02. The number of benzene rings is 1. The highest BCUT2D eigenvalue weighted by molar-refractivity contribution is 9.10. The Balaban J connectivity index is 2.31. The normalized spacial score (nSPS) is 23.9. The van der Waals surface area contributed by atoms with Gasteiger partial charge < -0.3 is 20.9 Å². The molecule has 0 saturated carbocycles. The van der Waals surface area contributed by atoms with E-state index in [1.165, 1.54) is 0 Å². The van der Waals surface area contributed by atoms with Crippen molar-refractivity contribution in [1.29, 1.82) is 0 Å². The largest absolute Gasteiger partial charge is 0.409 e. The number of anilines is 1. The summed E-state index contributed by atoms with van der Waals surface area (Å²) in [5.41, 5.74) is 7.25. The fourth-order valence-electron chi connectivity index (χ4n) is 2.54. The molecule has 0 amide bonds. The zero-order valence-corrected chi connectivity index (χ0v) is 12.3. The first-order chi connectivity index (χ1) is 9.08. The summed E-state index contributed by atoms with van der Waals surface area (Å²) in [6.45, 7) is 3.23. The van der Waals surface area contributed by atoms with E-state index >= 15 is 0 Å². The number of aliphatic hydroxyl groups excluding tert-OH is 1. The maximum Gasteiger partial charge on any atom is 0.170 e. The average Bonchev–Trinajstić information content (AvgIpc) is 2.78. The molecule has 4 N–H and O–H groups in total. The Labute approximate surface area is 120 Å². The van der Waals surface area contributed by atoms with Gasteiger partial charge >= 0.3 is 0 Å². The predicted molar refractivity (Wildman–Crippen MR) is 78.7 cm³/mol. The lowest BCUT2D eigenvalue weighted by Gasteiger charge is -2.28. The van der Waals surface area contributed by atoms with Gasteiger partial charge in [0.2, 0.25) is 0 Å². The molecule has 2 rings (SSSR count). The summed E-state index contributed by atoms with van der Waals surface area (Å²) in [5.74, 6) is 0.557. The van der Waals surface area contributed by atoms with Crippen molar-refractivity contribution in [3.05, 3.63) is 28.2 Å². The highest BCUT2D eigenvalue weighted by Crippen LogP contribution is 2.34. The maximum atomic E-state index is 9.51. The Morgan fingerprint density at radius 1 is 1.58 bits per heavy atom. The van der Waals surface area contributed by atoms with Crippen molar-refractivity contribution in [3.63, 3.8) is 0 Å². The van der Waals surface area contributed by atoms with Gasteiger partial charge in [-0.15, -0.1) is 0 Å². The van der Waals surface area contributed by atoms with Crippen LogP contribution in [-0.4, -0.2) is 35.3 Å². The molecule has 1 fully saturated rings. The lowest BCUT2D eigenvalue weighted by molar-refractivity contribution is 0.244. The molecule has 1 aliphatic rings. The van der Waals surface area contributed by atoms with E-state index in [1.54, 1.807) is 0 Å². The fourth-order valence-corrected chi connectivity index (χ4v) is 3.15. The molecule has 0 aromatic heterocycles. The van der Waals surface area contributed by atoms with Crippen LogP contribution in [0.4, 0.5) is 5.69 Å². The molecule has 5 nitrogen and oxygen atoms in total. The van der Waals surface area contributed by atoms with Gasteiger partial charge in [0, 0.05) is 16.6 Å². The Morgan fingerprint density at radius 2 is 2.32 bits per heavy atom. The summed E-state index contributed by atoms with van der Waals surface area (Å²) in [6, 6.07) is 5.71. The van der Waals surface area contributed by atoms with E-state index in [0.717, 1.165) is 23.1 Å². The van der Waals surface area contributed by atoms with E-state index in [1.807, 2.05) is 18.2 Å². The van der Waals surface area contributed by atoms with Crippen LogP contribution in [-0.2, 0) is 0 Å². The van der Waals surface area contributed by atoms with Gasteiger partial charge in [0.1, 0.15) is 0 Å². The molecule has 1 aliphatic heterocycles. The second-order valence-corrected chi connectivity index (χ2v) is 5.72. The molecular formula is C13H18BrN3O2. The van der Waals surface area contributed by atoms with Crippen molar-refractivity contribution in [2.75, 3.05) is 18.1 Å². The monoisotopic (exact) mass is 327 g/mol. The van der Waals surface area contributed by atoms with E-state index in [-0.39, 0.29) is 18.5 Å². The third-order valence-electron chi connectivity index (χ3n) is 3.73. The van der Waals surface area contributed by atoms with Gasteiger partial charge in [-0.1, -0.05) is 12.1 Å². The van der Waals surface area contributed by atoms with E-state index in [0.29, 0.717) is 11.5 Å². The predicted octanol–water partition coefficient (Wildman–Crippen LogP) is 1.75. The van der Waals surface area contributed by atoms with Crippen molar-refractivity contribution >= 4 is 27.5 Å². The van der Waals surface area contributed by atoms with Crippen molar-refractivity contribution < 1.29 is 10.3 Å². The van der Waals surface area contributed by atoms with Crippen LogP contribution < -0.4 is 10.6 Å². The number of hydrogen-bond donors (Lipinski definition) is 3. The molecule has 1 heterocycles. The van der Waals surface area contributed by atoms with Crippen molar-refractivity contribution in [2.24, 2.45) is 16.8 Å². The third kappa shape index (κ3) is 2.69. The standard InChI is InChI=1S/C13H18BrN3O2/c1-8-4-5-17(12(8)7-18)11-3-2-9(6-10(11)14)13(15)16-19/h2-3,6,8,12,18-19H,4-5,7H2,1H3,(H2,15,16). The van der Waals surface area contributed by atoms with Crippen LogP contribution in [0.3, 0.4) is 0 Å². The lowest BCUT2D eigenvalue weighted by Crippen LogP contribution is -2.35. The zero-order chi connectivity index (χ0) is 14.0. The zero-order valence-electron chi connectivity index (χ0n) is 10.8. The van der Waals surface area contributed by atoms with Crippen molar-refractivity contribution in [3.8, 4) is 0 Å². The van der Waals surface area contributed by atoms with Gasteiger partial charge in [-0.05, 0) is 46.5 Å². The van der Waals surface area contributed by atoms with Crippen LogP contribution in [0, 0.1) is 5.92 Å². The molecule has 2 atom stereocenters. The molecule has 104 valence electrons. The van der Waals surface area contributed by atoms with Crippen LogP contribution >= 0.6 is 15.9 Å². The van der Waals surface area contributed by atoms with Crippen LogP contribution in [0.15, 0.2) is 27.8 Å². The Hall–Kier alpha value is -1.27. The quantitative estimate of drug-likeness (QED) is 0.342. The van der Waals surface area contributed by atoms with Gasteiger partial charge in [-0.2, -0.15) is 0 Å². The molecule has 0 bridgehead atoms. The number of rotatable bonds is 3. The molecule has 6 heteroatoms. The van der Waals surface area contributed by atoms with Crippen LogP contribution in [0.5, 0.6) is 0 Å². The molecule has 1 aromatic rings. The molecule has 19 heavy (non-hydrogen) atoms. The van der Waals surface area contributed by atoms with E-state index in [9.17, 15) is 5.11 Å². The molecule has 1 saturated heterocycles. The highest BCUT2D eigenvalue weighted by Gasteiger charge is 2.31. The lowest BCUT2D eigenvalue weighted by atomic mass is 10.0. The van der Waals surface area contributed by atoms with Crippen molar-refractivity contribution in [1.82, 2.24) is 0 Å². The maximum absolute atomic E-state index is 9.51. The van der Waals surface area contributed by atoms with Gasteiger partial charge in [0.25, 0.3) is 0 Å². The molecule has 0 radical (unpaired) electrons. The molecule has 0 spiro atoms. The second-order valence-electron chi connectivity index (χ2n) is 4.86. The third-order valence-corrected chi connectivity index (χ3v) is 4.37. The van der Waals surface area contributed by atoms with Gasteiger partial charge in [0.15, 0.2) is 5.84 Å². The van der Waals surface area contributed by atoms with Crippen LogP contribution in [0.2, 0.25) is 0 Å². The molecular weight excluding hydrogens is 310 g/mol. The second kappa shape index (κ2) is 5.79. The number of halogens is 1. The SMILES string of the molecule is CC1CCN(c2ccc(/C(N)=N/O)cc2Br)C1CO. The summed E-state index contributed by atoms with van der Waals surface area (Å²) < 4.78 is 0.879. The van der Waals surface area contributed by atoms with Crippen LogP contribution in [0.25, 0.3) is 0 Å².